The molecule has 0 fully saturated rings. The molecule has 1 aliphatic rings. The molecule has 35 heavy (non-hydrogen) atoms. The van der Waals surface area contributed by atoms with Crippen LogP contribution in [0.25, 0.3) is 0 Å². The van der Waals surface area contributed by atoms with Crippen molar-refractivity contribution < 1.29 is 23.8 Å². The van der Waals surface area contributed by atoms with E-state index >= 15 is 0 Å². The van der Waals surface area contributed by atoms with E-state index in [0.717, 1.165) is 24.7 Å². The standard InChI is InChI=1S/C29H29ClO5/c1-3-16-33-23-18-25(34-17-4-2)27-26(19-23)35-29(28(27)32,21-10-12-22(30)13-11-21)24(14-15-31)20-8-6-5-7-9-20/h5-13,15,18-19,24H,3-4,14,16-17H2,1-2H3/t24-,29-/m1/s1. The van der Waals surface area contributed by atoms with Crippen molar-refractivity contribution in [3.05, 3.63) is 88.4 Å². The van der Waals surface area contributed by atoms with Gasteiger partial charge in [0.25, 0.3) is 0 Å². The number of fused-ring (bicyclic) bond motifs is 1. The van der Waals surface area contributed by atoms with Gasteiger partial charge in [-0.1, -0.05) is 67.9 Å². The minimum atomic E-state index is -1.47. The summed E-state index contributed by atoms with van der Waals surface area (Å²) in [7, 11) is 0. The zero-order valence-corrected chi connectivity index (χ0v) is 20.7. The summed E-state index contributed by atoms with van der Waals surface area (Å²) < 4.78 is 18.5. The second-order valence-corrected chi connectivity index (χ2v) is 8.97. The molecule has 182 valence electrons. The van der Waals surface area contributed by atoms with Gasteiger partial charge in [0.2, 0.25) is 11.4 Å². The van der Waals surface area contributed by atoms with Gasteiger partial charge in [0.1, 0.15) is 29.1 Å². The highest BCUT2D eigenvalue weighted by Crippen LogP contribution is 2.54. The molecule has 3 aromatic rings. The Morgan fingerprint density at radius 2 is 1.66 bits per heavy atom. The van der Waals surface area contributed by atoms with Crippen molar-refractivity contribution in [3.8, 4) is 17.2 Å². The number of Topliss-reactive ketones (excluding diaryl/α,β-unsaturated/α-hetero) is 1. The maximum absolute atomic E-state index is 14.4. The number of carbonyl (C=O) groups excluding carboxylic acids is 2. The molecule has 0 spiro atoms. The van der Waals surface area contributed by atoms with Gasteiger partial charge in [-0.2, -0.15) is 0 Å². The summed E-state index contributed by atoms with van der Waals surface area (Å²) in [5.74, 6) is 0.564. The number of hydrogen-bond acceptors (Lipinski definition) is 5. The molecular formula is C29H29ClO5. The number of halogens is 1. The van der Waals surface area contributed by atoms with Gasteiger partial charge in [-0.05, 0) is 30.5 Å². The summed E-state index contributed by atoms with van der Waals surface area (Å²) in [4.78, 5) is 26.3. The van der Waals surface area contributed by atoms with Gasteiger partial charge in [0, 0.05) is 35.1 Å². The van der Waals surface area contributed by atoms with E-state index in [1.54, 1.807) is 36.4 Å². The molecule has 2 atom stereocenters. The van der Waals surface area contributed by atoms with Gasteiger partial charge in [-0.15, -0.1) is 0 Å². The van der Waals surface area contributed by atoms with Gasteiger partial charge in [-0.25, -0.2) is 0 Å². The van der Waals surface area contributed by atoms with Crippen LogP contribution in [-0.4, -0.2) is 25.3 Å². The number of aldehydes is 1. The fourth-order valence-corrected chi connectivity index (χ4v) is 4.67. The smallest absolute Gasteiger partial charge is 0.219 e. The number of hydrogen-bond donors (Lipinski definition) is 0. The van der Waals surface area contributed by atoms with Gasteiger partial charge in [-0.3, -0.25) is 4.79 Å². The number of benzene rings is 3. The third kappa shape index (κ3) is 4.78. The number of ketones is 1. The molecule has 0 saturated carbocycles. The van der Waals surface area contributed by atoms with Crippen LogP contribution >= 0.6 is 11.6 Å². The molecule has 0 aromatic heterocycles. The first-order valence-electron chi connectivity index (χ1n) is 12.0. The largest absolute Gasteiger partial charge is 0.493 e. The molecule has 0 unspecified atom stereocenters. The van der Waals surface area contributed by atoms with Crippen LogP contribution in [0.2, 0.25) is 5.02 Å². The summed E-state index contributed by atoms with van der Waals surface area (Å²) in [6.45, 7) is 5.00. The quantitative estimate of drug-likeness (QED) is 0.277. The normalized spacial score (nSPS) is 17.4. The van der Waals surface area contributed by atoms with Gasteiger partial charge in [0.05, 0.1) is 13.2 Å². The van der Waals surface area contributed by atoms with Crippen molar-refractivity contribution in [1.29, 1.82) is 0 Å². The molecule has 1 aliphatic heterocycles. The molecule has 0 bridgehead atoms. The summed E-state index contributed by atoms with van der Waals surface area (Å²) in [5, 5.41) is 0.542. The molecule has 0 N–H and O–H groups in total. The Balaban J connectivity index is 1.93. The highest BCUT2D eigenvalue weighted by Gasteiger charge is 2.56. The Hall–Kier alpha value is -3.31. The van der Waals surface area contributed by atoms with Gasteiger partial charge >= 0.3 is 0 Å². The molecule has 0 aliphatic carbocycles. The van der Waals surface area contributed by atoms with E-state index in [0.29, 0.717) is 46.6 Å². The summed E-state index contributed by atoms with van der Waals surface area (Å²) in [5.41, 5.74) is 0.345. The van der Waals surface area contributed by atoms with Crippen molar-refractivity contribution in [3.63, 3.8) is 0 Å². The van der Waals surface area contributed by atoms with Gasteiger partial charge < -0.3 is 19.0 Å². The maximum atomic E-state index is 14.4. The Labute approximate surface area is 211 Å². The predicted octanol–water partition coefficient (Wildman–Crippen LogP) is 6.76. The SMILES string of the molecule is CCCOc1cc(OCCC)c2c(c1)O[C@](c1ccc(Cl)cc1)([C@H](CC=O)c1ccccc1)C2=O. The average Bonchev–Trinajstić information content (AvgIpc) is 3.18. The monoisotopic (exact) mass is 492 g/mol. The topological polar surface area (TPSA) is 61.8 Å². The van der Waals surface area contributed by atoms with E-state index in [4.69, 9.17) is 25.8 Å². The van der Waals surface area contributed by atoms with Gasteiger partial charge in [0.15, 0.2) is 0 Å². The van der Waals surface area contributed by atoms with Crippen molar-refractivity contribution >= 4 is 23.7 Å². The third-order valence-electron chi connectivity index (χ3n) is 6.11. The average molecular weight is 493 g/mol. The van der Waals surface area contributed by atoms with Crippen LogP contribution in [0.4, 0.5) is 0 Å². The Morgan fingerprint density at radius 1 is 0.971 bits per heavy atom. The fourth-order valence-electron chi connectivity index (χ4n) is 4.54. The number of rotatable bonds is 11. The first-order chi connectivity index (χ1) is 17.0. The predicted molar refractivity (Wildman–Crippen MR) is 136 cm³/mol. The number of carbonyl (C=O) groups is 2. The fraction of sp³-hybridized carbons (Fsp3) is 0.310. The molecule has 0 radical (unpaired) electrons. The lowest BCUT2D eigenvalue weighted by Crippen LogP contribution is -2.43. The summed E-state index contributed by atoms with van der Waals surface area (Å²) >= 11 is 6.18. The first-order valence-corrected chi connectivity index (χ1v) is 12.3. The summed E-state index contributed by atoms with van der Waals surface area (Å²) in [6.07, 6.45) is 2.55. The van der Waals surface area contributed by atoms with Crippen LogP contribution in [0.15, 0.2) is 66.7 Å². The van der Waals surface area contributed by atoms with Crippen molar-refractivity contribution in [2.45, 2.75) is 44.6 Å². The summed E-state index contributed by atoms with van der Waals surface area (Å²) in [6, 6.07) is 20.0. The van der Waals surface area contributed by atoms with Crippen LogP contribution in [0, 0.1) is 0 Å². The van der Waals surface area contributed by atoms with Crippen LogP contribution in [-0.2, 0) is 10.4 Å². The lowest BCUT2D eigenvalue weighted by molar-refractivity contribution is -0.109. The minimum absolute atomic E-state index is 0.0940. The Morgan fingerprint density at radius 3 is 2.31 bits per heavy atom. The second-order valence-electron chi connectivity index (χ2n) is 8.53. The number of ether oxygens (including phenoxy) is 3. The van der Waals surface area contributed by atoms with E-state index in [9.17, 15) is 9.59 Å². The Kier molecular flexibility index (Phi) is 7.76. The highest BCUT2D eigenvalue weighted by molar-refractivity contribution is 6.30. The van der Waals surface area contributed by atoms with Crippen LogP contribution < -0.4 is 14.2 Å². The zero-order chi connectivity index (χ0) is 24.8. The van der Waals surface area contributed by atoms with Crippen LogP contribution in [0.5, 0.6) is 17.2 Å². The van der Waals surface area contributed by atoms with E-state index < -0.39 is 11.5 Å². The second kappa shape index (κ2) is 11.0. The molecule has 1 heterocycles. The van der Waals surface area contributed by atoms with E-state index in [1.807, 2.05) is 44.2 Å². The lowest BCUT2D eigenvalue weighted by atomic mass is 9.72. The maximum Gasteiger partial charge on any atom is 0.219 e. The zero-order valence-electron chi connectivity index (χ0n) is 20.0. The lowest BCUT2D eigenvalue weighted by Gasteiger charge is -2.35. The van der Waals surface area contributed by atoms with Crippen LogP contribution in [0.1, 0.15) is 60.5 Å². The first kappa shape index (κ1) is 24.8. The van der Waals surface area contributed by atoms with Crippen molar-refractivity contribution in [1.82, 2.24) is 0 Å². The van der Waals surface area contributed by atoms with E-state index in [-0.39, 0.29) is 12.2 Å². The molecule has 6 heteroatoms. The molecule has 0 amide bonds. The minimum Gasteiger partial charge on any atom is -0.493 e. The van der Waals surface area contributed by atoms with Crippen LogP contribution in [0.3, 0.4) is 0 Å². The Bertz CT molecular complexity index is 1180. The van der Waals surface area contributed by atoms with Crippen molar-refractivity contribution in [2.75, 3.05) is 13.2 Å². The molecule has 5 nitrogen and oxygen atoms in total. The molecule has 0 saturated heterocycles. The molecule has 3 aromatic carbocycles. The van der Waals surface area contributed by atoms with Crippen molar-refractivity contribution in [2.24, 2.45) is 0 Å². The molecule has 4 rings (SSSR count). The highest BCUT2D eigenvalue weighted by atomic mass is 35.5. The van der Waals surface area contributed by atoms with E-state index in [2.05, 4.69) is 0 Å². The molecular weight excluding hydrogens is 464 g/mol. The van der Waals surface area contributed by atoms with E-state index in [1.165, 1.54) is 0 Å². The third-order valence-corrected chi connectivity index (χ3v) is 6.36.